The summed E-state index contributed by atoms with van der Waals surface area (Å²) in [4.78, 5) is 12.4. The molecule has 1 heterocycles. The van der Waals surface area contributed by atoms with Crippen LogP contribution in [0.5, 0.6) is 5.75 Å². The van der Waals surface area contributed by atoms with Gasteiger partial charge in [0.1, 0.15) is 17.1 Å². The Balaban J connectivity index is 1.94. The molecule has 3 rings (SSSR count). The number of anilines is 1. The van der Waals surface area contributed by atoms with Crippen molar-refractivity contribution in [3.8, 4) is 5.75 Å². The number of halogens is 2. The van der Waals surface area contributed by atoms with Gasteiger partial charge in [-0.2, -0.15) is 0 Å². The highest BCUT2D eigenvalue weighted by Crippen LogP contribution is 2.29. The molecular formula is C17H13ClFNO3. The minimum absolute atomic E-state index is 0.0612. The molecule has 2 aromatic carbocycles. The number of nitrogens with one attached hydrogen (secondary N) is 1. The van der Waals surface area contributed by atoms with Gasteiger partial charge in [0.05, 0.1) is 12.1 Å². The van der Waals surface area contributed by atoms with Gasteiger partial charge >= 0.3 is 0 Å². The second-order valence-corrected chi connectivity index (χ2v) is 5.41. The van der Waals surface area contributed by atoms with Gasteiger partial charge in [-0.05, 0) is 43.3 Å². The Morgan fingerprint density at radius 2 is 2.04 bits per heavy atom. The molecular weight excluding hydrogens is 321 g/mol. The number of furan rings is 1. The number of rotatable bonds is 3. The summed E-state index contributed by atoms with van der Waals surface area (Å²) in [6.07, 6.45) is 0. The Morgan fingerprint density at radius 3 is 2.74 bits per heavy atom. The summed E-state index contributed by atoms with van der Waals surface area (Å²) in [6, 6.07) is 9.27. The average molecular weight is 334 g/mol. The van der Waals surface area contributed by atoms with Gasteiger partial charge in [-0.3, -0.25) is 4.79 Å². The summed E-state index contributed by atoms with van der Waals surface area (Å²) >= 11 is 5.71. The van der Waals surface area contributed by atoms with Gasteiger partial charge in [0.25, 0.3) is 5.91 Å². The van der Waals surface area contributed by atoms with E-state index in [4.69, 9.17) is 20.8 Å². The molecule has 118 valence electrons. The largest absolute Gasteiger partial charge is 0.497 e. The lowest BCUT2D eigenvalue weighted by Crippen LogP contribution is -2.12. The molecule has 1 N–H and O–H groups in total. The van der Waals surface area contributed by atoms with Crippen molar-refractivity contribution >= 4 is 34.2 Å². The highest BCUT2D eigenvalue weighted by atomic mass is 35.5. The van der Waals surface area contributed by atoms with Gasteiger partial charge in [-0.25, -0.2) is 4.39 Å². The third-order valence-electron chi connectivity index (χ3n) is 3.53. The van der Waals surface area contributed by atoms with Crippen LogP contribution in [0.25, 0.3) is 11.0 Å². The topological polar surface area (TPSA) is 51.5 Å². The van der Waals surface area contributed by atoms with Gasteiger partial charge in [0.15, 0.2) is 5.76 Å². The van der Waals surface area contributed by atoms with Crippen molar-refractivity contribution in [1.29, 1.82) is 0 Å². The van der Waals surface area contributed by atoms with Crippen molar-refractivity contribution in [3.05, 3.63) is 58.6 Å². The first-order valence-electron chi connectivity index (χ1n) is 6.83. The van der Waals surface area contributed by atoms with Crippen LogP contribution in [0.4, 0.5) is 10.1 Å². The van der Waals surface area contributed by atoms with Crippen LogP contribution in [0, 0.1) is 12.7 Å². The molecule has 23 heavy (non-hydrogen) atoms. The van der Waals surface area contributed by atoms with E-state index in [9.17, 15) is 9.18 Å². The van der Waals surface area contributed by atoms with E-state index in [1.165, 1.54) is 18.2 Å². The lowest BCUT2D eigenvalue weighted by molar-refractivity contribution is 0.0998. The Kier molecular flexibility index (Phi) is 3.96. The minimum atomic E-state index is -0.545. The molecule has 6 heteroatoms. The maximum atomic E-state index is 13.2. The number of hydrogen-bond acceptors (Lipinski definition) is 3. The molecule has 1 aromatic heterocycles. The summed E-state index contributed by atoms with van der Waals surface area (Å²) in [5.74, 6) is -0.107. The fourth-order valence-electron chi connectivity index (χ4n) is 2.31. The molecule has 0 saturated heterocycles. The van der Waals surface area contributed by atoms with Gasteiger partial charge in [-0.15, -0.1) is 0 Å². The predicted molar refractivity (Wildman–Crippen MR) is 86.9 cm³/mol. The van der Waals surface area contributed by atoms with Crippen LogP contribution in [0.3, 0.4) is 0 Å². The summed E-state index contributed by atoms with van der Waals surface area (Å²) in [5.41, 5.74) is 1.68. The number of carbonyl (C=O) groups excluding carboxylic acids is 1. The van der Waals surface area contributed by atoms with Crippen LogP contribution in [0.2, 0.25) is 5.02 Å². The number of aryl methyl sites for hydroxylation is 1. The van der Waals surface area contributed by atoms with Gasteiger partial charge in [-0.1, -0.05) is 11.6 Å². The Labute approximate surface area is 136 Å². The molecule has 0 saturated carbocycles. The first kappa shape index (κ1) is 15.4. The molecule has 0 spiro atoms. The van der Waals surface area contributed by atoms with E-state index in [0.717, 1.165) is 5.39 Å². The molecule has 0 atom stereocenters. The minimum Gasteiger partial charge on any atom is -0.497 e. The number of hydrogen-bond donors (Lipinski definition) is 1. The van der Waals surface area contributed by atoms with Crippen LogP contribution >= 0.6 is 11.6 Å². The molecule has 0 radical (unpaired) electrons. The van der Waals surface area contributed by atoms with Crippen molar-refractivity contribution in [2.75, 3.05) is 12.4 Å². The number of ether oxygens (including phenoxy) is 1. The van der Waals surface area contributed by atoms with E-state index in [1.54, 1.807) is 32.2 Å². The smallest absolute Gasteiger partial charge is 0.291 e. The van der Waals surface area contributed by atoms with E-state index >= 15 is 0 Å². The lowest BCUT2D eigenvalue weighted by Gasteiger charge is -2.04. The Bertz CT molecular complexity index is 904. The van der Waals surface area contributed by atoms with Crippen LogP contribution in [0.1, 0.15) is 16.1 Å². The van der Waals surface area contributed by atoms with E-state index in [0.29, 0.717) is 22.6 Å². The Hall–Kier alpha value is -2.53. The van der Waals surface area contributed by atoms with Crippen LogP contribution in [-0.4, -0.2) is 13.0 Å². The van der Waals surface area contributed by atoms with Crippen molar-refractivity contribution in [3.63, 3.8) is 0 Å². The van der Waals surface area contributed by atoms with Crippen molar-refractivity contribution < 1.29 is 18.3 Å². The summed E-state index contributed by atoms with van der Waals surface area (Å²) < 4.78 is 23.9. The van der Waals surface area contributed by atoms with Gasteiger partial charge < -0.3 is 14.5 Å². The predicted octanol–water partition coefficient (Wildman–Crippen LogP) is 4.79. The lowest BCUT2D eigenvalue weighted by atomic mass is 10.1. The summed E-state index contributed by atoms with van der Waals surface area (Å²) in [6.45, 7) is 1.79. The highest BCUT2D eigenvalue weighted by molar-refractivity contribution is 6.31. The maximum absolute atomic E-state index is 13.2. The quantitative estimate of drug-likeness (QED) is 0.749. The molecule has 0 unspecified atom stereocenters. The second kappa shape index (κ2) is 5.93. The van der Waals surface area contributed by atoms with E-state index in [2.05, 4.69) is 5.32 Å². The fourth-order valence-corrected chi connectivity index (χ4v) is 2.49. The third-order valence-corrected chi connectivity index (χ3v) is 3.82. The summed E-state index contributed by atoms with van der Waals surface area (Å²) in [7, 11) is 1.57. The summed E-state index contributed by atoms with van der Waals surface area (Å²) in [5, 5.41) is 3.38. The molecule has 0 aliphatic rings. The van der Waals surface area contributed by atoms with Crippen LogP contribution < -0.4 is 10.1 Å². The molecule has 3 aromatic rings. The highest BCUT2D eigenvalue weighted by Gasteiger charge is 2.18. The first-order chi connectivity index (χ1) is 11.0. The first-order valence-corrected chi connectivity index (χ1v) is 7.21. The van der Waals surface area contributed by atoms with Crippen molar-refractivity contribution in [1.82, 2.24) is 0 Å². The van der Waals surface area contributed by atoms with Gasteiger partial charge in [0.2, 0.25) is 0 Å². The number of benzene rings is 2. The SMILES string of the molecule is COc1ccc2oc(C(=O)Nc3ccc(F)c(Cl)c3)c(C)c2c1. The third kappa shape index (κ3) is 2.87. The number of methoxy groups -OCH3 is 1. The number of fused-ring (bicyclic) bond motifs is 1. The maximum Gasteiger partial charge on any atom is 0.291 e. The van der Waals surface area contributed by atoms with Crippen LogP contribution in [0.15, 0.2) is 40.8 Å². The molecule has 1 amide bonds. The molecule has 0 aliphatic carbocycles. The van der Waals surface area contributed by atoms with E-state index in [1.807, 2.05) is 0 Å². The van der Waals surface area contributed by atoms with Crippen molar-refractivity contribution in [2.45, 2.75) is 6.92 Å². The second-order valence-electron chi connectivity index (χ2n) is 5.00. The fraction of sp³-hybridized carbons (Fsp3) is 0.118. The zero-order chi connectivity index (χ0) is 16.6. The zero-order valence-corrected chi connectivity index (χ0v) is 13.2. The van der Waals surface area contributed by atoms with Crippen molar-refractivity contribution in [2.24, 2.45) is 0 Å². The standard InChI is InChI=1S/C17H13ClFNO3/c1-9-12-8-11(22-2)4-6-15(12)23-16(9)17(21)20-10-3-5-14(19)13(18)7-10/h3-8H,1-2H3,(H,20,21). The van der Waals surface area contributed by atoms with E-state index < -0.39 is 11.7 Å². The van der Waals surface area contributed by atoms with Crippen LogP contribution in [-0.2, 0) is 0 Å². The molecule has 4 nitrogen and oxygen atoms in total. The zero-order valence-electron chi connectivity index (χ0n) is 12.4. The van der Waals surface area contributed by atoms with Gasteiger partial charge in [0, 0.05) is 16.6 Å². The average Bonchev–Trinajstić information content (AvgIpc) is 2.87. The normalized spacial score (nSPS) is 10.8. The molecule has 0 aliphatic heterocycles. The molecule has 0 fully saturated rings. The monoisotopic (exact) mass is 333 g/mol. The Morgan fingerprint density at radius 1 is 1.26 bits per heavy atom. The van der Waals surface area contributed by atoms with E-state index in [-0.39, 0.29) is 10.8 Å². The molecule has 0 bridgehead atoms. The number of carbonyl (C=O) groups is 1. The number of amides is 1.